The summed E-state index contributed by atoms with van der Waals surface area (Å²) < 4.78 is 5.41. The normalized spacial score (nSPS) is 20.9. The van der Waals surface area contributed by atoms with Gasteiger partial charge < -0.3 is 36.0 Å². The Kier molecular flexibility index (Phi) is 8.44. The van der Waals surface area contributed by atoms with E-state index in [1.807, 2.05) is 0 Å². The van der Waals surface area contributed by atoms with Crippen LogP contribution in [-0.2, 0) is 20.8 Å². The Bertz CT molecular complexity index is 1290. The molecule has 0 radical (unpaired) electrons. The molecular weight excluding hydrogens is 515 g/mol. The summed E-state index contributed by atoms with van der Waals surface area (Å²) in [6.45, 7) is -0.449. The van der Waals surface area contributed by atoms with Crippen LogP contribution in [0.2, 0.25) is 0 Å². The summed E-state index contributed by atoms with van der Waals surface area (Å²) in [5, 5.41) is 39.8. The fourth-order valence-corrected chi connectivity index (χ4v) is 4.89. The fraction of sp³-hybridized carbons (Fsp3) is 0.391. The first-order chi connectivity index (χ1) is 18.2. The Labute approximate surface area is 221 Å². The van der Waals surface area contributed by atoms with E-state index in [1.165, 1.54) is 11.4 Å². The van der Waals surface area contributed by atoms with E-state index in [9.17, 15) is 24.5 Å². The molecule has 1 unspecified atom stereocenters. The molecule has 1 aromatic heterocycles. The van der Waals surface area contributed by atoms with Crippen LogP contribution in [0.1, 0.15) is 47.3 Å². The van der Waals surface area contributed by atoms with E-state index >= 15 is 0 Å². The number of carboxylic acids is 1. The minimum atomic E-state index is -1.53. The number of hydrogen-bond acceptors (Lipinski definition) is 11. The van der Waals surface area contributed by atoms with Crippen molar-refractivity contribution < 1.29 is 34.0 Å². The Morgan fingerprint density at radius 3 is 2.71 bits per heavy atom. The highest BCUT2D eigenvalue weighted by Gasteiger charge is 2.38. The van der Waals surface area contributed by atoms with E-state index in [1.54, 1.807) is 12.1 Å². The van der Waals surface area contributed by atoms with Gasteiger partial charge in [0.15, 0.2) is 17.5 Å². The van der Waals surface area contributed by atoms with E-state index in [0.29, 0.717) is 18.4 Å². The minimum Gasteiger partial charge on any atom is -0.534 e. The van der Waals surface area contributed by atoms with Gasteiger partial charge in [-0.15, -0.1) is 11.3 Å². The number of thiazole rings is 1. The van der Waals surface area contributed by atoms with Crippen LogP contribution in [0.15, 0.2) is 28.7 Å². The number of para-hydroxylation sites is 1. The molecule has 38 heavy (non-hydrogen) atoms. The molecule has 1 aliphatic heterocycles. The molecule has 13 nitrogen and oxygen atoms in total. The molecule has 2 aromatic rings. The van der Waals surface area contributed by atoms with Crippen molar-refractivity contribution in [3.8, 4) is 11.8 Å². The summed E-state index contributed by atoms with van der Waals surface area (Å²) in [5.41, 5.74) is 5.94. The molecule has 1 saturated carbocycles. The molecule has 6 N–H and O–H groups in total. The lowest BCUT2D eigenvalue weighted by Crippen LogP contribution is -2.54. The molecular formula is C23H25BN6O7S. The summed E-state index contributed by atoms with van der Waals surface area (Å²) >= 11 is 1.08. The molecule has 0 bridgehead atoms. The third-order valence-corrected chi connectivity index (χ3v) is 6.95. The predicted octanol–water partition coefficient (Wildman–Crippen LogP) is 0.482. The lowest BCUT2D eigenvalue weighted by atomic mass is 9.72. The second kappa shape index (κ2) is 11.9. The monoisotopic (exact) mass is 540 g/mol. The smallest absolute Gasteiger partial charge is 0.534 e. The molecule has 2 aliphatic rings. The summed E-state index contributed by atoms with van der Waals surface area (Å²) in [5.74, 6) is -3.29. The maximum absolute atomic E-state index is 13.1. The molecule has 1 fully saturated rings. The lowest BCUT2D eigenvalue weighted by Gasteiger charge is -2.28. The number of aromatic nitrogens is 1. The zero-order chi connectivity index (χ0) is 27.2. The minimum absolute atomic E-state index is 0.0106. The average Bonchev–Trinajstić information content (AvgIpc) is 3.32. The summed E-state index contributed by atoms with van der Waals surface area (Å²) in [7, 11) is -1.53. The van der Waals surface area contributed by atoms with Crippen LogP contribution in [0.25, 0.3) is 0 Å². The second-order valence-electron chi connectivity index (χ2n) is 8.92. The van der Waals surface area contributed by atoms with Crippen LogP contribution in [0.4, 0.5) is 5.13 Å². The fourth-order valence-electron chi connectivity index (χ4n) is 4.35. The van der Waals surface area contributed by atoms with Crippen LogP contribution in [0.3, 0.4) is 0 Å². The zero-order valence-corrected chi connectivity index (χ0v) is 20.9. The van der Waals surface area contributed by atoms with Gasteiger partial charge in [0, 0.05) is 17.3 Å². The number of nitrogens with one attached hydrogen (secondary N) is 2. The van der Waals surface area contributed by atoms with Crippen molar-refractivity contribution in [1.29, 1.82) is 5.26 Å². The van der Waals surface area contributed by atoms with Crippen molar-refractivity contribution in [3.63, 3.8) is 0 Å². The number of nitriles is 1. The largest absolute Gasteiger partial charge is 0.547 e. The standard InChI is InChI=1S/C23H25BN6O7S/c25-9-12-4-6-14(7-5-12)27-18(31)10-36-30-19(16-11-38-23(26)28-16)21(32)29-17-8-13-2-1-3-15(22(33)34)20(13)37-24(17)35/h1-3,11-12,14,17,35H,4-8,10H2,(H2,26,28)(H,27,31)(H,29,32)(H,33,34)/b30-19-. The van der Waals surface area contributed by atoms with E-state index in [0.717, 1.165) is 24.2 Å². The number of aromatic carboxylic acids is 1. The molecule has 4 rings (SSSR count). The maximum Gasteiger partial charge on any atom is 0.547 e. The van der Waals surface area contributed by atoms with Crippen LogP contribution >= 0.6 is 11.3 Å². The molecule has 1 aromatic carbocycles. The Balaban J connectivity index is 1.41. The Hall–Kier alpha value is -4.16. The molecule has 0 saturated heterocycles. The van der Waals surface area contributed by atoms with Crippen LogP contribution in [-0.4, -0.2) is 64.3 Å². The van der Waals surface area contributed by atoms with Gasteiger partial charge in [-0.2, -0.15) is 5.26 Å². The highest BCUT2D eigenvalue weighted by atomic mass is 32.1. The quantitative estimate of drug-likeness (QED) is 0.178. The van der Waals surface area contributed by atoms with E-state index in [4.69, 9.17) is 20.5 Å². The molecule has 15 heteroatoms. The van der Waals surface area contributed by atoms with Gasteiger partial charge in [-0.3, -0.25) is 9.59 Å². The number of anilines is 1. The van der Waals surface area contributed by atoms with Crippen molar-refractivity contribution in [3.05, 3.63) is 40.4 Å². The van der Waals surface area contributed by atoms with E-state index in [2.05, 4.69) is 26.8 Å². The highest BCUT2D eigenvalue weighted by molar-refractivity contribution is 7.13. The SMILES string of the molecule is N#CC1CCC(NC(=O)CO/N=C(\C(=O)NC2Cc3cccc(C(=O)O)c3OB2O)c2csc(N)n2)CC1. The number of carbonyl (C=O) groups is 3. The van der Waals surface area contributed by atoms with Crippen LogP contribution < -0.4 is 21.0 Å². The Morgan fingerprint density at radius 1 is 1.29 bits per heavy atom. The third kappa shape index (κ3) is 6.39. The number of benzene rings is 1. The maximum atomic E-state index is 13.1. The number of nitrogens with two attached hydrogens (primary N) is 1. The molecule has 1 aliphatic carbocycles. The number of nitrogen functional groups attached to an aromatic ring is 1. The predicted molar refractivity (Wildman–Crippen MR) is 136 cm³/mol. The van der Waals surface area contributed by atoms with Crippen LogP contribution in [0, 0.1) is 17.2 Å². The van der Waals surface area contributed by atoms with Gasteiger partial charge >= 0.3 is 13.1 Å². The number of carbonyl (C=O) groups excluding carboxylic acids is 2. The van der Waals surface area contributed by atoms with Crippen molar-refractivity contribution in [2.75, 3.05) is 12.3 Å². The van der Waals surface area contributed by atoms with Gasteiger partial charge in [0.2, 0.25) is 0 Å². The average molecular weight is 540 g/mol. The lowest BCUT2D eigenvalue weighted by molar-refractivity contribution is -0.127. The number of hydrogen-bond donors (Lipinski definition) is 5. The molecule has 2 amide bonds. The van der Waals surface area contributed by atoms with Crippen molar-refractivity contribution in [1.82, 2.24) is 15.6 Å². The number of nitrogens with zero attached hydrogens (tertiary/aromatic N) is 3. The van der Waals surface area contributed by atoms with Gasteiger partial charge in [-0.25, -0.2) is 9.78 Å². The molecule has 0 spiro atoms. The van der Waals surface area contributed by atoms with Gasteiger partial charge in [0.25, 0.3) is 11.8 Å². The first kappa shape index (κ1) is 26.9. The van der Waals surface area contributed by atoms with Gasteiger partial charge in [-0.1, -0.05) is 17.3 Å². The number of oxime groups is 1. The first-order valence-electron chi connectivity index (χ1n) is 11.9. The summed E-state index contributed by atoms with van der Waals surface area (Å²) in [4.78, 5) is 46.1. The van der Waals surface area contributed by atoms with Crippen molar-refractivity contribution in [2.45, 2.75) is 44.1 Å². The van der Waals surface area contributed by atoms with Crippen LogP contribution in [0.5, 0.6) is 5.75 Å². The van der Waals surface area contributed by atoms with Crippen molar-refractivity contribution >= 4 is 47.1 Å². The topological polar surface area (TPSA) is 209 Å². The second-order valence-corrected chi connectivity index (χ2v) is 9.81. The number of amides is 2. The van der Waals surface area contributed by atoms with Gasteiger partial charge in [0.05, 0.1) is 17.6 Å². The number of fused-ring (bicyclic) bond motifs is 1. The highest BCUT2D eigenvalue weighted by Crippen LogP contribution is 2.30. The third-order valence-electron chi connectivity index (χ3n) is 6.27. The summed E-state index contributed by atoms with van der Waals surface area (Å²) in [6.07, 6.45) is 2.92. The number of carboxylic acid groups (broad SMARTS) is 1. The molecule has 1 atom stereocenters. The molecule has 2 heterocycles. The van der Waals surface area contributed by atoms with E-state index in [-0.39, 0.29) is 46.2 Å². The molecule has 198 valence electrons. The van der Waals surface area contributed by atoms with Crippen molar-refractivity contribution in [2.24, 2.45) is 11.1 Å². The Morgan fingerprint density at radius 2 is 2.05 bits per heavy atom. The number of rotatable bonds is 8. The zero-order valence-electron chi connectivity index (χ0n) is 20.1. The van der Waals surface area contributed by atoms with Gasteiger partial charge in [0.1, 0.15) is 11.4 Å². The van der Waals surface area contributed by atoms with E-state index < -0.39 is 37.5 Å². The first-order valence-corrected chi connectivity index (χ1v) is 12.7. The summed E-state index contributed by atoms with van der Waals surface area (Å²) in [6, 6.07) is 6.72. The van der Waals surface area contributed by atoms with Gasteiger partial charge in [-0.05, 0) is 43.7 Å².